The van der Waals surface area contributed by atoms with Crippen molar-refractivity contribution in [2.75, 3.05) is 6.54 Å². The molecule has 0 bridgehead atoms. The number of carbonyl (C=O) groups excluding carboxylic acids is 1. The van der Waals surface area contributed by atoms with E-state index in [0.717, 1.165) is 37.7 Å². The molecule has 21 heavy (non-hydrogen) atoms. The molecule has 3 rings (SSSR count). The Bertz CT molecular complexity index is 540. The molecule has 1 aromatic carbocycles. The zero-order valence-corrected chi connectivity index (χ0v) is 13.0. The third-order valence-corrected chi connectivity index (χ3v) is 5.54. The minimum absolute atomic E-state index is 0.0453. The second-order valence-electron chi connectivity index (χ2n) is 6.80. The lowest BCUT2D eigenvalue weighted by Gasteiger charge is -2.42. The number of hydrogen-bond donors (Lipinski definition) is 2. The van der Waals surface area contributed by atoms with E-state index in [2.05, 4.69) is 24.4 Å². The lowest BCUT2D eigenvalue weighted by molar-refractivity contribution is 0.0812. The predicted molar refractivity (Wildman–Crippen MR) is 85.4 cm³/mol. The topological polar surface area (TPSA) is 55.1 Å². The fraction of sp³-hybridized carbons (Fsp3) is 0.611. The molecule has 0 radical (unpaired) electrons. The van der Waals surface area contributed by atoms with E-state index in [-0.39, 0.29) is 11.4 Å². The van der Waals surface area contributed by atoms with Gasteiger partial charge in [-0.15, -0.1) is 0 Å². The van der Waals surface area contributed by atoms with E-state index in [4.69, 9.17) is 5.73 Å². The average Bonchev–Trinajstić information content (AvgIpc) is 2.97. The van der Waals surface area contributed by atoms with Gasteiger partial charge in [0.15, 0.2) is 0 Å². The molecule has 3 nitrogen and oxygen atoms in total. The minimum atomic E-state index is -0.214. The van der Waals surface area contributed by atoms with E-state index < -0.39 is 0 Å². The Hall–Kier alpha value is -1.35. The Morgan fingerprint density at radius 3 is 2.86 bits per heavy atom. The maximum atomic E-state index is 12.7. The number of amides is 1. The van der Waals surface area contributed by atoms with Crippen molar-refractivity contribution in [1.82, 2.24) is 5.32 Å². The van der Waals surface area contributed by atoms with Crippen LogP contribution in [0.3, 0.4) is 0 Å². The maximum Gasteiger partial charge on any atom is 0.251 e. The monoisotopic (exact) mass is 286 g/mol. The van der Waals surface area contributed by atoms with Crippen LogP contribution in [-0.4, -0.2) is 18.0 Å². The van der Waals surface area contributed by atoms with Gasteiger partial charge < -0.3 is 11.1 Å². The number of rotatable bonds is 3. The molecular formula is C18H26N2O. The first-order chi connectivity index (χ1) is 10.1. The third-order valence-electron chi connectivity index (χ3n) is 5.54. The second kappa shape index (κ2) is 5.80. The van der Waals surface area contributed by atoms with Crippen molar-refractivity contribution in [3.05, 3.63) is 34.9 Å². The molecule has 2 aliphatic carbocycles. The summed E-state index contributed by atoms with van der Waals surface area (Å²) in [6.45, 7) is 2.75. The van der Waals surface area contributed by atoms with Crippen LogP contribution in [0.1, 0.15) is 60.5 Å². The van der Waals surface area contributed by atoms with Gasteiger partial charge in [0.2, 0.25) is 0 Å². The fourth-order valence-corrected chi connectivity index (χ4v) is 3.96. The number of hydrogen-bond acceptors (Lipinski definition) is 2. The van der Waals surface area contributed by atoms with Crippen molar-refractivity contribution < 1.29 is 4.79 Å². The zero-order valence-electron chi connectivity index (χ0n) is 13.0. The van der Waals surface area contributed by atoms with Crippen LogP contribution in [0.15, 0.2) is 18.2 Å². The molecule has 1 fully saturated rings. The summed E-state index contributed by atoms with van der Waals surface area (Å²) in [4.78, 5) is 12.7. The quantitative estimate of drug-likeness (QED) is 0.897. The van der Waals surface area contributed by atoms with Crippen LogP contribution in [-0.2, 0) is 12.8 Å². The molecule has 2 atom stereocenters. The van der Waals surface area contributed by atoms with Gasteiger partial charge in [-0.2, -0.15) is 0 Å². The number of aryl methyl sites for hydroxylation is 2. The summed E-state index contributed by atoms with van der Waals surface area (Å²) in [5, 5.41) is 3.28. The Balaban J connectivity index is 1.78. The SMILES string of the molecule is CC1CCCCC1(CN)NC(=O)c1ccc2c(c1)CCC2. The first kappa shape index (κ1) is 14.6. The van der Waals surface area contributed by atoms with E-state index in [0.29, 0.717) is 12.5 Å². The maximum absolute atomic E-state index is 12.7. The van der Waals surface area contributed by atoms with Gasteiger partial charge in [-0.05, 0) is 61.3 Å². The lowest BCUT2D eigenvalue weighted by atomic mass is 9.73. The molecule has 0 aliphatic heterocycles. The van der Waals surface area contributed by atoms with E-state index in [9.17, 15) is 4.79 Å². The van der Waals surface area contributed by atoms with E-state index in [1.54, 1.807) is 0 Å². The molecule has 0 saturated heterocycles. The number of carbonyl (C=O) groups is 1. The smallest absolute Gasteiger partial charge is 0.251 e. The Kier molecular flexibility index (Phi) is 4.03. The molecule has 1 saturated carbocycles. The van der Waals surface area contributed by atoms with Crippen molar-refractivity contribution in [3.8, 4) is 0 Å². The number of nitrogens with one attached hydrogen (secondary N) is 1. The minimum Gasteiger partial charge on any atom is -0.345 e. The van der Waals surface area contributed by atoms with Gasteiger partial charge in [0.05, 0.1) is 5.54 Å². The highest BCUT2D eigenvalue weighted by Gasteiger charge is 2.38. The normalized spacial score (nSPS) is 28.2. The Labute approximate surface area is 127 Å². The van der Waals surface area contributed by atoms with Crippen LogP contribution in [0.2, 0.25) is 0 Å². The molecular weight excluding hydrogens is 260 g/mol. The summed E-state index contributed by atoms with van der Waals surface area (Å²) in [6.07, 6.45) is 8.03. The van der Waals surface area contributed by atoms with E-state index in [1.165, 1.54) is 24.0 Å². The second-order valence-corrected chi connectivity index (χ2v) is 6.80. The first-order valence-corrected chi connectivity index (χ1v) is 8.29. The molecule has 2 aliphatic rings. The Morgan fingerprint density at radius 1 is 1.29 bits per heavy atom. The highest BCUT2D eigenvalue weighted by Crippen LogP contribution is 2.33. The molecule has 3 N–H and O–H groups in total. The molecule has 114 valence electrons. The molecule has 2 unspecified atom stereocenters. The summed E-state index contributed by atoms with van der Waals surface area (Å²) < 4.78 is 0. The third kappa shape index (κ3) is 2.71. The van der Waals surface area contributed by atoms with Crippen molar-refractivity contribution in [2.45, 2.75) is 57.4 Å². The van der Waals surface area contributed by atoms with Gasteiger partial charge in [-0.1, -0.05) is 25.8 Å². The van der Waals surface area contributed by atoms with Gasteiger partial charge >= 0.3 is 0 Å². The largest absolute Gasteiger partial charge is 0.345 e. The van der Waals surface area contributed by atoms with Gasteiger partial charge in [0.25, 0.3) is 5.91 Å². The van der Waals surface area contributed by atoms with Crippen LogP contribution >= 0.6 is 0 Å². The number of fused-ring (bicyclic) bond motifs is 1. The number of benzene rings is 1. The molecule has 0 heterocycles. The average molecular weight is 286 g/mol. The van der Waals surface area contributed by atoms with Gasteiger partial charge in [-0.25, -0.2) is 0 Å². The highest BCUT2D eigenvalue weighted by atomic mass is 16.1. The molecule has 1 aromatic rings. The summed E-state index contributed by atoms with van der Waals surface area (Å²) in [6, 6.07) is 6.17. The van der Waals surface area contributed by atoms with E-state index in [1.807, 2.05) is 6.07 Å². The van der Waals surface area contributed by atoms with Crippen molar-refractivity contribution in [1.29, 1.82) is 0 Å². The molecule has 3 heteroatoms. The van der Waals surface area contributed by atoms with Crippen LogP contribution < -0.4 is 11.1 Å². The highest BCUT2D eigenvalue weighted by molar-refractivity contribution is 5.95. The summed E-state index contributed by atoms with van der Waals surface area (Å²) in [5.41, 5.74) is 9.37. The summed E-state index contributed by atoms with van der Waals surface area (Å²) in [5.74, 6) is 0.499. The zero-order chi connectivity index (χ0) is 14.9. The predicted octanol–water partition coefficient (Wildman–Crippen LogP) is 2.81. The Morgan fingerprint density at radius 2 is 2.10 bits per heavy atom. The van der Waals surface area contributed by atoms with Crippen LogP contribution in [0, 0.1) is 5.92 Å². The van der Waals surface area contributed by atoms with Crippen LogP contribution in [0.4, 0.5) is 0 Å². The lowest BCUT2D eigenvalue weighted by Crippen LogP contribution is -2.59. The van der Waals surface area contributed by atoms with Crippen molar-refractivity contribution in [2.24, 2.45) is 11.7 Å². The van der Waals surface area contributed by atoms with E-state index >= 15 is 0 Å². The van der Waals surface area contributed by atoms with Crippen LogP contribution in [0.5, 0.6) is 0 Å². The van der Waals surface area contributed by atoms with Gasteiger partial charge in [0, 0.05) is 12.1 Å². The fourth-order valence-electron chi connectivity index (χ4n) is 3.96. The number of nitrogens with two attached hydrogens (primary N) is 1. The summed E-state index contributed by atoms with van der Waals surface area (Å²) >= 11 is 0. The van der Waals surface area contributed by atoms with Crippen molar-refractivity contribution in [3.63, 3.8) is 0 Å². The van der Waals surface area contributed by atoms with Gasteiger partial charge in [-0.3, -0.25) is 4.79 Å². The summed E-state index contributed by atoms with van der Waals surface area (Å²) in [7, 11) is 0. The molecule has 0 aromatic heterocycles. The van der Waals surface area contributed by atoms with Crippen LogP contribution in [0.25, 0.3) is 0 Å². The standard InChI is InChI=1S/C18H26N2O/c1-13-5-2-3-10-18(13,12-19)20-17(21)16-9-8-14-6-4-7-15(14)11-16/h8-9,11,13H,2-7,10,12,19H2,1H3,(H,20,21). The van der Waals surface area contributed by atoms with Gasteiger partial charge in [0.1, 0.15) is 0 Å². The van der Waals surface area contributed by atoms with Crippen molar-refractivity contribution >= 4 is 5.91 Å². The molecule has 0 spiro atoms. The first-order valence-electron chi connectivity index (χ1n) is 8.29. The molecule has 1 amide bonds.